The number of halogens is 5. The molecular weight excluding hydrogens is 476 g/mol. The SMILES string of the molecule is N#CCc1cn(CC(NS(=O)(=O)c2c(N)cc(Cl)cc2Cl)C(F)(F)F)c2ccccc12. The predicted molar refractivity (Wildman–Crippen MR) is 112 cm³/mol. The summed E-state index contributed by atoms with van der Waals surface area (Å²) in [7, 11) is -4.75. The zero-order valence-corrected chi connectivity index (χ0v) is 17.9. The molecule has 3 N–H and O–H groups in total. The van der Waals surface area contributed by atoms with Crippen molar-refractivity contribution in [3.8, 4) is 6.07 Å². The Morgan fingerprint density at radius 1 is 1.23 bits per heavy atom. The molecule has 3 aromatic rings. The maximum atomic E-state index is 13.8. The minimum absolute atomic E-state index is 0.00710. The van der Waals surface area contributed by atoms with Gasteiger partial charge in [-0.25, -0.2) is 8.42 Å². The van der Waals surface area contributed by atoms with E-state index in [0.29, 0.717) is 16.5 Å². The van der Waals surface area contributed by atoms with Gasteiger partial charge in [-0.1, -0.05) is 41.4 Å². The van der Waals surface area contributed by atoms with Gasteiger partial charge >= 0.3 is 6.18 Å². The van der Waals surface area contributed by atoms with Crippen molar-refractivity contribution in [2.45, 2.75) is 30.1 Å². The monoisotopic (exact) mass is 490 g/mol. The number of para-hydroxylation sites is 1. The smallest absolute Gasteiger partial charge is 0.398 e. The van der Waals surface area contributed by atoms with Crippen LogP contribution in [0.25, 0.3) is 10.9 Å². The van der Waals surface area contributed by atoms with Gasteiger partial charge in [-0.3, -0.25) is 0 Å². The van der Waals surface area contributed by atoms with Crippen molar-refractivity contribution < 1.29 is 21.6 Å². The molecule has 6 nitrogen and oxygen atoms in total. The van der Waals surface area contributed by atoms with Gasteiger partial charge in [-0.05, 0) is 23.8 Å². The first-order valence-electron chi connectivity index (χ1n) is 8.71. The second-order valence-electron chi connectivity index (χ2n) is 6.68. The molecule has 0 saturated heterocycles. The molecule has 0 radical (unpaired) electrons. The third-order valence-corrected chi connectivity index (χ3v) is 6.73. The van der Waals surface area contributed by atoms with E-state index in [0.717, 1.165) is 12.1 Å². The normalized spacial score (nSPS) is 13.3. The van der Waals surface area contributed by atoms with Crippen LogP contribution < -0.4 is 10.5 Å². The highest BCUT2D eigenvalue weighted by Gasteiger charge is 2.43. The van der Waals surface area contributed by atoms with E-state index in [4.69, 9.17) is 34.2 Å². The summed E-state index contributed by atoms with van der Waals surface area (Å²) in [4.78, 5) is -0.685. The van der Waals surface area contributed by atoms with Crippen molar-refractivity contribution in [1.29, 1.82) is 5.26 Å². The van der Waals surface area contributed by atoms with Crippen molar-refractivity contribution in [3.63, 3.8) is 0 Å². The van der Waals surface area contributed by atoms with Gasteiger partial charge in [0.15, 0.2) is 0 Å². The zero-order valence-electron chi connectivity index (χ0n) is 15.6. The van der Waals surface area contributed by atoms with Crippen LogP contribution in [0.5, 0.6) is 0 Å². The van der Waals surface area contributed by atoms with Gasteiger partial charge in [-0.2, -0.15) is 23.2 Å². The summed E-state index contributed by atoms with van der Waals surface area (Å²) in [5.41, 5.74) is 6.24. The summed E-state index contributed by atoms with van der Waals surface area (Å²) in [5, 5.41) is 9.23. The lowest BCUT2D eigenvalue weighted by molar-refractivity contribution is -0.154. The molecule has 1 aromatic heterocycles. The molecule has 0 spiro atoms. The molecule has 12 heteroatoms. The Hall–Kier alpha value is -2.45. The summed E-state index contributed by atoms with van der Waals surface area (Å²) in [6, 6.07) is 8.23. The van der Waals surface area contributed by atoms with Gasteiger partial charge < -0.3 is 10.3 Å². The van der Waals surface area contributed by atoms with Gasteiger partial charge in [0.2, 0.25) is 10.0 Å². The third kappa shape index (κ3) is 4.91. The molecule has 0 saturated carbocycles. The molecule has 1 heterocycles. The predicted octanol–water partition coefficient (Wildman–Crippen LogP) is 4.51. The number of nitrogens with two attached hydrogens (primary N) is 1. The van der Waals surface area contributed by atoms with Gasteiger partial charge in [0.05, 0.1) is 23.2 Å². The molecule has 3 rings (SSSR count). The Bertz CT molecular complexity index is 1260. The number of nitrogen functional groups attached to an aromatic ring is 1. The van der Waals surface area contributed by atoms with Crippen molar-refractivity contribution in [1.82, 2.24) is 9.29 Å². The number of fused-ring (bicyclic) bond motifs is 1. The second-order valence-corrected chi connectivity index (χ2v) is 9.17. The van der Waals surface area contributed by atoms with Crippen LogP contribution in [0.1, 0.15) is 5.56 Å². The molecule has 0 amide bonds. The highest BCUT2D eigenvalue weighted by atomic mass is 35.5. The number of nitrogens with one attached hydrogen (secondary N) is 1. The van der Waals surface area contributed by atoms with Crippen LogP contribution in [0.4, 0.5) is 18.9 Å². The summed E-state index contributed by atoms with van der Waals surface area (Å²) in [6.07, 6.45) is -3.53. The average Bonchev–Trinajstić information content (AvgIpc) is 2.97. The van der Waals surface area contributed by atoms with Gasteiger partial charge in [0.1, 0.15) is 10.9 Å². The van der Waals surface area contributed by atoms with Crippen LogP contribution in [0.3, 0.4) is 0 Å². The molecule has 0 aliphatic carbocycles. The Balaban J connectivity index is 2.02. The highest BCUT2D eigenvalue weighted by Crippen LogP contribution is 2.33. The molecule has 0 bridgehead atoms. The van der Waals surface area contributed by atoms with Gasteiger partial charge in [0.25, 0.3) is 0 Å². The average molecular weight is 491 g/mol. The van der Waals surface area contributed by atoms with Gasteiger partial charge in [0, 0.05) is 28.7 Å². The van der Waals surface area contributed by atoms with Crippen molar-refractivity contribution >= 4 is 49.8 Å². The summed E-state index contributed by atoms with van der Waals surface area (Å²) >= 11 is 11.6. The molecule has 1 atom stereocenters. The molecule has 31 heavy (non-hydrogen) atoms. The first-order valence-corrected chi connectivity index (χ1v) is 10.9. The number of aromatic nitrogens is 1. The summed E-state index contributed by atoms with van der Waals surface area (Å²) in [5.74, 6) is 0. The number of nitriles is 1. The van der Waals surface area contributed by atoms with E-state index in [9.17, 15) is 21.6 Å². The lowest BCUT2D eigenvalue weighted by Crippen LogP contribution is -2.48. The molecular formula is C19H15Cl2F3N4O2S. The minimum Gasteiger partial charge on any atom is -0.398 e. The van der Waals surface area contributed by atoms with E-state index in [1.807, 2.05) is 6.07 Å². The number of benzene rings is 2. The Kier molecular flexibility index (Phi) is 6.43. The van der Waals surface area contributed by atoms with Crippen molar-refractivity contribution in [3.05, 3.63) is 58.2 Å². The van der Waals surface area contributed by atoms with E-state index in [1.165, 1.54) is 10.8 Å². The summed E-state index contributed by atoms with van der Waals surface area (Å²) in [6.45, 7) is -0.764. The van der Waals surface area contributed by atoms with E-state index in [1.54, 1.807) is 29.0 Å². The van der Waals surface area contributed by atoms with E-state index >= 15 is 0 Å². The van der Waals surface area contributed by atoms with Crippen molar-refractivity contribution in [2.75, 3.05) is 5.73 Å². The zero-order chi connectivity index (χ0) is 23.0. The number of hydrogen-bond donors (Lipinski definition) is 2. The fourth-order valence-corrected chi connectivity index (χ4v) is 5.41. The minimum atomic E-state index is -4.93. The Morgan fingerprint density at radius 3 is 2.52 bits per heavy atom. The van der Waals surface area contributed by atoms with Gasteiger partial charge in [-0.15, -0.1) is 0 Å². The number of alkyl halides is 3. The molecule has 2 aromatic carbocycles. The van der Waals surface area contributed by atoms with Crippen LogP contribution in [0.15, 0.2) is 47.5 Å². The lowest BCUT2D eigenvalue weighted by atomic mass is 10.1. The highest BCUT2D eigenvalue weighted by molar-refractivity contribution is 7.89. The second kappa shape index (κ2) is 8.59. The first-order chi connectivity index (χ1) is 14.4. The van der Waals surface area contributed by atoms with Crippen LogP contribution in [0, 0.1) is 11.3 Å². The molecule has 1 unspecified atom stereocenters. The lowest BCUT2D eigenvalue weighted by Gasteiger charge is -2.23. The topological polar surface area (TPSA) is 101 Å². The van der Waals surface area contributed by atoms with Crippen LogP contribution in [-0.2, 0) is 23.0 Å². The fraction of sp³-hybridized carbons (Fsp3) is 0.211. The largest absolute Gasteiger partial charge is 0.406 e. The third-order valence-electron chi connectivity index (χ3n) is 4.52. The van der Waals surface area contributed by atoms with Crippen molar-refractivity contribution in [2.24, 2.45) is 0 Å². The fourth-order valence-electron chi connectivity index (χ4n) is 3.21. The number of nitrogens with zero attached hydrogens (tertiary/aromatic N) is 2. The molecule has 0 fully saturated rings. The number of hydrogen-bond acceptors (Lipinski definition) is 4. The number of anilines is 1. The number of sulfonamides is 1. The maximum absolute atomic E-state index is 13.8. The van der Waals surface area contributed by atoms with Crippen LogP contribution in [-0.4, -0.2) is 25.2 Å². The number of rotatable bonds is 6. The van der Waals surface area contributed by atoms with E-state index in [2.05, 4.69) is 0 Å². The quantitative estimate of drug-likeness (QED) is 0.496. The molecule has 164 valence electrons. The molecule has 0 aliphatic rings. The van der Waals surface area contributed by atoms with E-state index in [-0.39, 0.29) is 17.1 Å². The Labute approximate surface area is 186 Å². The van der Waals surface area contributed by atoms with Crippen LogP contribution in [0.2, 0.25) is 10.0 Å². The standard InChI is InChI=1S/C19H15Cl2F3N4O2S/c20-12-7-14(21)18(15(26)8-12)31(29,30)27-17(19(22,23)24)10-28-9-11(5-6-25)13-3-1-2-4-16(13)28/h1-4,7-9,17,27H,5,10,26H2. The van der Waals surface area contributed by atoms with E-state index < -0.39 is 38.7 Å². The van der Waals surface area contributed by atoms with Crippen LogP contribution >= 0.6 is 23.2 Å². The Morgan fingerprint density at radius 2 is 1.90 bits per heavy atom. The summed E-state index contributed by atoms with van der Waals surface area (Å²) < 4.78 is 69.8. The maximum Gasteiger partial charge on any atom is 0.406 e. The first kappa shape index (κ1) is 23.2. The molecule has 0 aliphatic heterocycles.